The number of carbonyl (C=O) groups is 1. The number of hydrogen-bond acceptors (Lipinski definition) is 3. The molecular weight excluding hydrogens is 276 g/mol. The van der Waals surface area contributed by atoms with Gasteiger partial charge < -0.3 is 9.47 Å². The molecule has 1 heterocycles. The molecule has 3 heteroatoms. The first kappa shape index (κ1) is 13.5. The average molecular weight is 294 g/mol. The summed E-state index contributed by atoms with van der Waals surface area (Å²) < 4.78 is 11.1. The van der Waals surface area contributed by atoms with Crippen LogP contribution >= 0.6 is 0 Å². The number of methoxy groups -OCH3 is 1. The fraction of sp³-hybridized carbons (Fsp3) is 0.316. The van der Waals surface area contributed by atoms with Crippen LogP contribution in [0, 0.1) is 17.8 Å². The monoisotopic (exact) mass is 294 g/mol. The highest BCUT2D eigenvalue weighted by Gasteiger charge is 2.62. The maximum atomic E-state index is 12.6. The first-order valence-corrected chi connectivity index (χ1v) is 7.64. The van der Waals surface area contributed by atoms with Crippen molar-refractivity contribution in [2.75, 3.05) is 13.7 Å². The van der Waals surface area contributed by atoms with Gasteiger partial charge >= 0.3 is 0 Å². The van der Waals surface area contributed by atoms with Crippen molar-refractivity contribution in [3.05, 3.63) is 65.7 Å². The van der Waals surface area contributed by atoms with E-state index in [9.17, 15) is 4.79 Å². The van der Waals surface area contributed by atoms with E-state index in [2.05, 4.69) is 0 Å². The summed E-state index contributed by atoms with van der Waals surface area (Å²) >= 11 is 0. The molecule has 0 aromatic heterocycles. The van der Waals surface area contributed by atoms with Crippen molar-refractivity contribution in [3.8, 4) is 5.75 Å². The van der Waals surface area contributed by atoms with Crippen LogP contribution in [0.2, 0.25) is 0 Å². The molecule has 0 unspecified atom stereocenters. The quantitative estimate of drug-likeness (QED) is 0.809. The maximum absolute atomic E-state index is 12.6. The third-order valence-corrected chi connectivity index (χ3v) is 4.85. The molecule has 0 spiro atoms. The van der Waals surface area contributed by atoms with Crippen molar-refractivity contribution in [1.82, 2.24) is 0 Å². The van der Waals surface area contributed by atoms with Crippen LogP contribution < -0.4 is 4.74 Å². The lowest BCUT2D eigenvalue weighted by molar-refractivity contribution is 0.0605. The van der Waals surface area contributed by atoms with E-state index >= 15 is 0 Å². The molecule has 2 aromatic rings. The normalized spacial score (nSPS) is 29.0. The smallest absolute Gasteiger partial charge is 0.166 e. The molecular formula is C19H18O3. The summed E-state index contributed by atoms with van der Waals surface area (Å²) in [5.74, 6) is 1.91. The van der Waals surface area contributed by atoms with Crippen LogP contribution in [0.3, 0.4) is 0 Å². The van der Waals surface area contributed by atoms with Gasteiger partial charge in [-0.2, -0.15) is 0 Å². The van der Waals surface area contributed by atoms with Gasteiger partial charge in [0.25, 0.3) is 0 Å². The first-order valence-electron chi connectivity index (χ1n) is 7.64. The van der Waals surface area contributed by atoms with Crippen LogP contribution in [0.15, 0.2) is 54.6 Å². The first-order chi connectivity index (χ1) is 10.8. The van der Waals surface area contributed by atoms with Gasteiger partial charge in [-0.25, -0.2) is 0 Å². The van der Waals surface area contributed by atoms with Crippen LogP contribution in [0.5, 0.6) is 5.75 Å². The lowest BCUT2D eigenvalue weighted by Crippen LogP contribution is -2.12. The van der Waals surface area contributed by atoms with Crippen LogP contribution in [0.4, 0.5) is 0 Å². The number of rotatable bonds is 4. The number of benzene rings is 2. The predicted molar refractivity (Wildman–Crippen MR) is 82.9 cm³/mol. The van der Waals surface area contributed by atoms with Crippen LogP contribution in [0.1, 0.15) is 22.0 Å². The zero-order valence-corrected chi connectivity index (χ0v) is 12.4. The molecule has 1 aliphatic carbocycles. The molecule has 112 valence electrons. The Labute approximate surface area is 129 Å². The van der Waals surface area contributed by atoms with Gasteiger partial charge in [0.15, 0.2) is 5.78 Å². The average Bonchev–Trinajstić information content (AvgIpc) is 3.14. The fourth-order valence-corrected chi connectivity index (χ4v) is 3.63. The summed E-state index contributed by atoms with van der Waals surface area (Å²) in [5, 5.41) is 0. The van der Waals surface area contributed by atoms with Gasteiger partial charge in [-0.05, 0) is 23.6 Å². The Kier molecular flexibility index (Phi) is 3.23. The highest BCUT2D eigenvalue weighted by molar-refractivity contribution is 6.00. The molecule has 1 aliphatic heterocycles. The van der Waals surface area contributed by atoms with Gasteiger partial charge in [-0.1, -0.05) is 42.5 Å². The Morgan fingerprint density at radius 2 is 1.82 bits per heavy atom. The van der Waals surface area contributed by atoms with Gasteiger partial charge in [-0.3, -0.25) is 4.79 Å². The van der Waals surface area contributed by atoms with E-state index in [-0.39, 0.29) is 17.8 Å². The second kappa shape index (κ2) is 5.25. The summed E-state index contributed by atoms with van der Waals surface area (Å²) in [4.78, 5) is 12.6. The van der Waals surface area contributed by atoms with Crippen molar-refractivity contribution in [2.45, 2.75) is 6.10 Å². The van der Waals surface area contributed by atoms with Crippen LogP contribution in [0.25, 0.3) is 0 Å². The predicted octanol–water partition coefficient (Wildman–Crippen LogP) is 3.51. The molecule has 1 saturated heterocycles. The van der Waals surface area contributed by atoms with Crippen LogP contribution in [-0.4, -0.2) is 19.5 Å². The second-order valence-corrected chi connectivity index (χ2v) is 6.02. The molecule has 2 aliphatic rings. The van der Waals surface area contributed by atoms with Gasteiger partial charge in [0.1, 0.15) is 5.75 Å². The maximum Gasteiger partial charge on any atom is 0.166 e. The SMILES string of the molecule is COc1ccc([C@H]2OC[C@H]3[C@H](C(=O)c4ccccc4)[C@H]32)cc1. The zero-order chi connectivity index (χ0) is 15.1. The second-order valence-electron chi connectivity index (χ2n) is 6.02. The Morgan fingerprint density at radius 3 is 2.50 bits per heavy atom. The molecule has 4 atom stereocenters. The zero-order valence-electron chi connectivity index (χ0n) is 12.4. The molecule has 0 radical (unpaired) electrons. The molecule has 3 nitrogen and oxygen atoms in total. The Balaban J connectivity index is 1.52. The number of ether oxygens (including phenoxy) is 2. The molecule has 0 bridgehead atoms. The van der Waals surface area contributed by atoms with Gasteiger partial charge in [0.05, 0.1) is 19.8 Å². The van der Waals surface area contributed by atoms with Crippen LogP contribution in [-0.2, 0) is 4.74 Å². The molecule has 0 N–H and O–H groups in total. The highest BCUT2D eigenvalue weighted by atomic mass is 16.5. The molecule has 1 saturated carbocycles. The molecule has 22 heavy (non-hydrogen) atoms. The minimum Gasteiger partial charge on any atom is -0.497 e. The summed E-state index contributed by atoms with van der Waals surface area (Å²) in [6, 6.07) is 17.5. The molecule has 2 aromatic carbocycles. The number of fused-ring (bicyclic) bond motifs is 1. The molecule has 0 amide bonds. The van der Waals surface area contributed by atoms with E-state index < -0.39 is 0 Å². The van der Waals surface area contributed by atoms with Crippen molar-refractivity contribution < 1.29 is 14.3 Å². The van der Waals surface area contributed by atoms with Crippen molar-refractivity contribution in [3.63, 3.8) is 0 Å². The third-order valence-electron chi connectivity index (χ3n) is 4.85. The van der Waals surface area contributed by atoms with E-state index in [1.165, 1.54) is 0 Å². The topological polar surface area (TPSA) is 35.5 Å². The lowest BCUT2D eigenvalue weighted by atomic mass is 10.00. The van der Waals surface area contributed by atoms with Crippen molar-refractivity contribution >= 4 is 5.78 Å². The Hall–Kier alpha value is -2.13. The minimum atomic E-state index is 0.0357. The van der Waals surface area contributed by atoms with E-state index in [1.54, 1.807) is 7.11 Å². The standard InChI is InChI=1S/C19H18O3/c1-21-14-9-7-13(8-10-14)19-17-15(11-22-19)16(17)18(20)12-5-3-2-4-6-12/h2-10,15-17,19H,11H2,1H3/t15-,16-,17-,19+/m0/s1. The largest absolute Gasteiger partial charge is 0.497 e. The number of hydrogen-bond donors (Lipinski definition) is 0. The number of Topliss-reactive ketones (excluding diaryl/α,β-unsaturated/α-hetero) is 1. The fourth-order valence-electron chi connectivity index (χ4n) is 3.63. The van der Waals surface area contributed by atoms with E-state index in [1.807, 2.05) is 54.6 Å². The van der Waals surface area contributed by atoms with E-state index in [4.69, 9.17) is 9.47 Å². The molecule has 2 fully saturated rings. The van der Waals surface area contributed by atoms with E-state index in [0.29, 0.717) is 18.4 Å². The molecule has 4 rings (SSSR count). The highest BCUT2D eigenvalue weighted by Crippen LogP contribution is 2.60. The Morgan fingerprint density at radius 1 is 1.09 bits per heavy atom. The van der Waals surface area contributed by atoms with Crippen molar-refractivity contribution in [1.29, 1.82) is 0 Å². The third kappa shape index (κ3) is 2.13. The van der Waals surface area contributed by atoms with Gasteiger partial charge in [0.2, 0.25) is 0 Å². The lowest BCUT2D eigenvalue weighted by Gasteiger charge is -2.15. The number of carbonyl (C=O) groups excluding carboxylic acids is 1. The van der Waals surface area contributed by atoms with Crippen molar-refractivity contribution in [2.24, 2.45) is 17.8 Å². The van der Waals surface area contributed by atoms with E-state index in [0.717, 1.165) is 16.9 Å². The summed E-state index contributed by atoms with van der Waals surface area (Å²) in [6.45, 7) is 0.685. The van der Waals surface area contributed by atoms with Gasteiger partial charge in [0, 0.05) is 17.4 Å². The summed E-state index contributed by atoms with van der Waals surface area (Å²) in [5.41, 5.74) is 1.95. The summed E-state index contributed by atoms with van der Waals surface area (Å²) in [6.07, 6.45) is 0.0357. The van der Waals surface area contributed by atoms with Gasteiger partial charge in [-0.15, -0.1) is 0 Å². The Bertz CT molecular complexity index is 678. The summed E-state index contributed by atoms with van der Waals surface area (Å²) in [7, 11) is 1.66. The minimum absolute atomic E-state index is 0.0357. The number of ketones is 1.